The van der Waals surface area contributed by atoms with E-state index in [-0.39, 0.29) is 0 Å². The third-order valence-electron chi connectivity index (χ3n) is 3.49. The molecular formula is C17H20N2O. The molecule has 1 heterocycles. The van der Waals surface area contributed by atoms with E-state index in [1.165, 1.54) is 24.0 Å². The van der Waals surface area contributed by atoms with Crippen LogP contribution in [0.15, 0.2) is 42.7 Å². The van der Waals surface area contributed by atoms with Crippen molar-refractivity contribution in [2.24, 2.45) is 0 Å². The summed E-state index contributed by atoms with van der Waals surface area (Å²) >= 11 is 0. The fraction of sp³-hybridized carbons (Fsp3) is 0.353. The molecule has 1 aliphatic rings. The van der Waals surface area contributed by atoms with Crippen LogP contribution in [0.3, 0.4) is 0 Å². The van der Waals surface area contributed by atoms with Crippen LogP contribution < -0.4 is 10.1 Å². The minimum absolute atomic E-state index is 0.563. The number of hydrogen-bond acceptors (Lipinski definition) is 3. The van der Waals surface area contributed by atoms with Crippen molar-refractivity contribution < 1.29 is 4.74 Å². The summed E-state index contributed by atoms with van der Waals surface area (Å²) in [5, 5.41) is 3.55. The number of pyridine rings is 1. The van der Waals surface area contributed by atoms with Crippen molar-refractivity contribution in [2.45, 2.75) is 39.0 Å². The molecular weight excluding hydrogens is 248 g/mol. The number of benzene rings is 1. The molecule has 3 heteroatoms. The van der Waals surface area contributed by atoms with Gasteiger partial charge in [-0.1, -0.05) is 23.8 Å². The highest BCUT2D eigenvalue weighted by molar-refractivity contribution is 5.37. The topological polar surface area (TPSA) is 34.1 Å². The molecule has 20 heavy (non-hydrogen) atoms. The molecule has 0 spiro atoms. The van der Waals surface area contributed by atoms with Gasteiger partial charge in [0.2, 0.25) is 0 Å². The van der Waals surface area contributed by atoms with Crippen LogP contribution in [0.5, 0.6) is 5.75 Å². The van der Waals surface area contributed by atoms with Crippen LogP contribution in [0, 0.1) is 6.92 Å². The molecule has 3 nitrogen and oxygen atoms in total. The van der Waals surface area contributed by atoms with E-state index in [0.717, 1.165) is 17.9 Å². The fourth-order valence-electron chi connectivity index (χ4n) is 2.17. The Balaban J connectivity index is 1.67. The molecule has 0 saturated heterocycles. The SMILES string of the molecule is Cc1ccc(OCc2cccnc2)c(CNC2CC2)c1. The maximum Gasteiger partial charge on any atom is 0.124 e. The normalized spacial score (nSPS) is 14.2. The van der Waals surface area contributed by atoms with Crippen LogP contribution in [-0.2, 0) is 13.2 Å². The zero-order chi connectivity index (χ0) is 13.8. The number of rotatable bonds is 6. The molecule has 1 fully saturated rings. The fourth-order valence-corrected chi connectivity index (χ4v) is 2.17. The van der Waals surface area contributed by atoms with Gasteiger partial charge in [0.15, 0.2) is 0 Å². The Kier molecular flexibility index (Phi) is 3.97. The van der Waals surface area contributed by atoms with Gasteiger partial charge in [0, 0.05) is 36.1 Å². The maximum absolute atomic E-state index is 5.95. The first-order valence-corrected chi connectivity index (χ1v) is 7.16. The predicted molar refractivity (Wildman–Crippen MR) is 79.6 cm³/mol. The molecule has 1 aromatic carbocycles. The summed E-state index contributed by atoms with van der Waals surface area (Å²) in [6, 6.07) is 11.0. The number of ether oxygens (including phenoxy) is 1. The standard InChI is InChI=1S/C17H20N2O/c1-13-4-7-17(15(9-13)11-19-16-5-6-16)20-12-14-3-2-8-18-10-14/h2-4,7-10,16,19H,5-6,11-12H2,1H3. The number of nitrogens with zero attached hydrogens (tertiary/aromatic N) is 1. The van der Waals surface area contributed by atoms with Crippen molar-refractivity contribution in [2.75, 3.05) is 0 Å². The van der Waals surface area contributed by atoms with E-state index in [9.17, 15) is 0 Å². The van der Waals surface area contributed by atoms with E-state index in [2.05, 4.69) is 35.4 Å². The average Bonchev–Trinajstić information content (AvgIpc) is 3.29. The molecule has 1 aromatic heterocycles. The third kappa shape index (κ3) is 3.58. The van der Waals surface area contributed by atoms with Gasteiger partial charge in [-0.05, 0) is 31.9 Å². The van der Waals surface area contributed by atoms with Crippen molar-refractivity contribution in [1.29, 1.82) is 0 Å². The lowest BCUT2D eigenvalue weighted by Gasteiger charge is -2.13. The summed E-state index contributed by atoms with van der Waals surface area (Å²) in [6.45, 7) is 3.56. The van der Waals surface area contributed by atoms with Gasteiger partial charge in [-0.2, -0.15) is 0 Å². The molecule has 104 valence electrons. The van der Waals surface area contributed by atoms with E-state index in [1.54, 1.807) is 6.20 Å². The van der Waals surface area contributed by atoms with Crippen LogP contribution in [0.2, 0.25) is 0 Å². The molecule has 0 aliphatic heterocycles. The lowest BCUT2D eigenvalue weighted by Crippen LogP contribution is -2.16. The molecule has 0 radical (unpaired) electrons. The van der Waals surface area contributed by atoms with Gasteiger partial charge < -0.3 is 10.1 Å². The van der Waals surface area contributed by atoms with Crippen molar-refractivity contribution in [3.8, 4) is 5.75 Å². The van der Waals surface area contributed by atoms with Gasteiger partial charge in [-0.3, -0.25) is 4.98 Å². The highest BCUT2D eigenvalue weighted by Gasteiger charge is 2.20. The number of hydrogen-bond donors (Lipinski definition) is 1. The first kappa shape index (κ1) is 13.1. The highest BCUT2D eigenvalue weighted by Crippen LogP contribution is 2.24. The molecule has 1 N–H and O–H groups in total. The van der Waals surface area contributed by atoms with Gasteiger partial charge in [-0.25, -0.2) is 0 Å². The van der Waals surface area contributed by atoms with Crippen LogP contribution in [-0.4, -0.2) is 11.0 Å². The molecule has 0 bridgehead atoms. The monoisotopic (exact) mass is 268 g/mol. The van der Waals surface area contributed by atoms with Gasteiger partial charge >= 0.3 is 0 Å². The van der Waals surface area contributed by atoms with E-state index in [4.69, 9.17) is 4.74 Å². The van der Waals surface area contributed by atoms with Gasteiger partial charge in [0.1, 0.15) is 12.4 Å². The summed E-state index contributed by atoms with van der Waals surface area (Å²) in [7, 11) is 0. The molecule has 0 amide bonds. The molecule has 0 unspecified atom stereocenters. The van der Waals surface area contributed by atoms with Crippen LogP contribution in [0.4, 0.5) is 0 Å². The summed E-state index contributed by atoms with van der Waals surface area (Å²) < 4.78 is 5.95. The van der Waals surface area contributed by atoms with Crippen molar-refractivity contribution in [1.82, 2.24) is 10.3 Å². The summed E-state index contributed by atoms with van der Waals surface area (Å²) in [4.78, 5) is 4.11. The Labute approximate surface area is 120 Å². The maximum atomic E-state index is 5.95. The summed E-state index contributed by atoms with van der Waals surface area (Å²) in [5.41, 5.74) is 3.60. The molecule has 1 aliphatic carbocycles. The smallest absolute Gasteiger partial charge is 0.124 e. The van der Waals surface area contributed by atoms with E-state index in [0.29, 0.717) is 12.6 Å². The Bertz CT molecular complexity index is 564. The number of nitrogens with one attached hydrogen (secondary N) is 1. The van der Waals surface area contributed by atoms with E-state index >= 15 is 0 Å². The second kappa shape index (κ2) is 6.06. The van der Waals surface area contributed by atoms with Crippen molar-refractivity contribution in [3.63, 3.8) is 0 Å². The third-order valence-corrected chi connectivity index (χ3v) is 3.49. The minimum Gasteiger partial charge on any atom is -0.489 e. The highest BCUT2D eigenvalue weighted by atomic mass is 16.5. The quantitative estimate of drug-likeness (QED) is 0.873. The molecule has 3 rings (SSSR count). The molecule has 0 atom stereocenters. The van der Waals surface area contributed by atoms with Crippen molar-refractivity contribution >= 4 is 0 Å². The van der Waals surface area contributed by atoms with Crippen LogP contribution in [0.1, 0.15) is 29.5 Å². The predicted octanol–water partition coefficient (Wildman–Crippen LogP) is 3.22. The first-order chi connectivity index (χ1) is 9.81. The molecule has 2 aromatic rings. The number of aryl methyl sites for hydroxylation is 1. The number of aromatic nitrogens is 1. The first-order valence-electron chi connectivity index (χ1n) is 7.16. The second-order valence-electron chi connectivity index (χ2n) is 5.42. The van der Waals surface area contributed by atoms with E-state index < -0.39 is 0 Å². The largest absolute Gasteiger partial charge is 0.489 e. The minimum atomic E-state index is 0.563. The van der Waals surface area contributed by atoms with Crippen LogP contribution >= 0.6 is 0 Å². The Morgan fingerprint density at radius 3 is 2.95 bits per heavy atom. The van der Waals surface area contributed by atoms with Gasteiger partial charge in [0.25, 0.3) is 0 Å². The Hall–Kier alpha value is -1.87. The summed E-state index contributed by atoms with van der Waals surface area (Å²) in [6.07, 6.45) is 6.23. The van der Waals surface area contributed by atoms with Crippen molar-refractivity contribution in [3.05, 3.63) is 59.4 Å². The zero-order valence-electron chi connectivity index (χ0n) is 11.8. The lowest BCUT2D eigenvalue weighted by molar-refractivity contribution is 0.301. The second-order valence-corrected chi connectivity index (χ2v) is 5.42. The summed E-state index contributed by atoms with van der Waals surface area (Å²) in [5.74, 6) is 0.965. The Morgan fingerprint density at radius 1 is 1.30 bits per heavy atom. The molecule has 1 saturated carbocycles. The lowest BCUT2D eigenvalue weighted by atomic mass is 10.1. The van der Waals surface area contributed by atoms with E-state index in [1.807, 2.05) is 18.3 Å². The van der Waals surface area contributed by atoms with Gasteiger partial charge in [0.05, 0.1) is 0 Å². The average molecular weight is 268 g/mol. The van der Waals surface area contributed by atoms with Gasteiger partial charge in [-0.15, -0.1) is 0 Å². The van der Waals surface area contributed by atoms with Crippen LogP contribution in [0.25, 0.3) is 0 Å². The zero-order valence-corrected chi connectivity index (χ0v) is 11.8. The Morgan fingerprint density at radius 2 is 2.20 bits per heavy atom.